The number of benzene rings is 1. The second kappa shape index (κ2) is 8.41. The molecule has 5 nitrogen and oxygen atoms in total. The number of halogens is 4. The van der Waals surface area contributed by atoms with Crippen molar-refractivity contribution in [2.24, 2.45) is 5.92 Å². The number of carbonyl (C=O) groups is 1. The largest absolute Gasteiger partial charge is 0.433 e. The fourth-order valence-electron chi connectivity index (χ4n) is 3.59. The third-order valence-corrected chi connectivity index (χ3v) is 5.24. The lowest BCUT2D eigenvalue weighted by Gasteiger charge is -2.32. The molecule has 0 unspecified atom stereocenters. The number of pyridine rings is 1. The number of alkyl halides is 3. The molecule has 0 bridgehead atoms. The molecular weight excluding hydrogens is 412 g/mol. The molecule has 1 fully saturated rings. The summed E-state index contributed by atoms with van der Waals surface area (Å²) in [5, 5.41) is 0. The van der Waals surface area contributed by atoms with Gasteiger partial charge in [-0.2, -0.15) is 13.2 Å². The zero-order valence-corrected chi connectivity index (χ0v) is 16.3. The molecule has 4 rings (SSSR count). The average Bonchev–Trinajstić information content (AvgIpc) is 2.79. The molecule has 9 heteroatoms. The van der Waals surface area contributed by atoms with Crippen molar-refractivity contribution in [2.75, 3.05) is 18.0 Å². The number of hydrogen-bond acceptors (Lipinski definition) is 5. The van der Waals surface area contributed by atoms with Crippen LogP contribution in [0.15, 0.2) is 54.9 Å². The minimum Gasteiger partial charge on any atom is -0.356 e. The Labute approximate surface area is 175 Å². The third kappa shape index (κ3) is 4.70. The second-order valence-corrected chi connectivity index (χ2v) is 7.31. The van der Waals surface area contributed by atoms with Gasteiger partial charge in [-0.25, -0.2) is 14.4 Å². The van der Waals surface area contributed by atoms with Crippen LogP contribution >= 0.6 is 0 Å². The number of piperidine rings is 1. The molecule has 2 aromatic heterocycles. The van der Waals surface area contributed by atoms with Crippen LogP contribution in [0.4, 0.5) is 23.4 Å². The van der Waals surface area contributed by atoms with E-state index in [1.807, 2.05) is 0 Å². The van der Waals surface area contributed by atoms with Crippen LogP contribution in [0.3, 0.4) is 0 Å². The topological polar surface area (TPSA) is 59.0 Å². The van der Waals surface area contributed by atoms with Gasteiger partial charge < -0.3 is 4.90 Å². The van der Waals surface area contributed by atoms with E-state index in [2.05, 4.69) is 15.0 Å². The molecule has 0 N–H and O–H groups in total. The highest BCUT2D eigenvalue weighted by Gasteiger charge is 2.35. The van der Waals surface area contributed by atoms with Gasteiger partial charge in [0.1, 0.15) is 11.6 Å². The predicted octanol–water partition coefficient (Wildman–Crippen LogP) is 4.80. The SMILES string of the molecule is O=C(c1ccc(F)cc1)C1CCN(c2cc(C(F)(F)F)nc(-c3cccnc3)n2)CC1. The Balaban J connectivity index is 1.55. The number of hydrogen-bond donors (Lipinski definition) is 0. The predicted molar refractivity (Wildman–Crippen MR) is 106 cm³/mol. The van der Waals surface area contributed by atoms with E-state index in [9.17, 15) is 22.4 Å². The van der Waals surface area contributed by atoms with Gasteiger partial charge in [0, 0.05) is 48.6 Å². The maximum atomic E-state index is 13.4. The van der Waals surface area contributed by atoms with Gasteiger partial charge in [-0.05, 0) is 49.2 Å². The monoisotopic (exact) mass is 430 g/mol. The van der Waals surface area contributed by atoms with Crippen molar-refractivity contribution >= 4 is 11.6 Å². The van der Waals surface area contributed by atoms with Crippen LogP contribution in [-0.4, -0.2) is 33.8 Å². The Morgan fingerprint density at radius 2 is 1.74 bits per heavy atom. The number of nitrogens with zero attached hydrogens (tertiary/aromatic N) is 4. The van der Waals surface area contributed by atoms with E-state index in [-0.39, 0.29) is 23.3 Å². The van der Waals surface area contributed by atoms with Crippen molar-refractivity contribution in [3.8, 4) is 11.4 Å². The van der Waals surface area contributed by atoms with Crippen LogP contribution in [0.2, 0.25) is 0 Å². The first-order valence-corrected chi connectivity index (χ1v) is 9.72. The normalized spacial score (nSPS) is 15.2. The van der Waals surface area contributed by atoms with Crippen LogP contribution in [-0.2, 0) is 6.18 Å². The lowest BCUT2D eigenvalue weighted by atomic mass is 9.89. The summed E-state index contributed by atoms with van der Waals surface area (Å²) < 4.78 is 53.3. The minimum atomic E-state index is -4.62. The van der Waals surface area contributed by atoms with Crippen LogP contribution < -0.4 is 4.90 Å². The van der Waals surface area contributed by atoms with E-state index in [0.29, 0.717) is 37.1 Å². The number of rotatable bonds is 4. The average molecular weight is 430 g/mol. The molecule has 0 aliphatic carbocycles. The highest BCUT2D eigenvalue weighted by atomic mass is 19.4. The van der Waals surface area contributed by atoms with Crippen molar-refractivity contribution in [3.05, 3.63) is 71.9 Å². The fraction of sp³-hybridized carbons (Fsp3) is 0.273. The highest BCUT2D eigenvalue weighted by Crippen LogP contribution is 2.33. The molecule has 0 amide bonds. The van der Waals surface area contributed by atoms with E-state index >= 15 is 0 Å². The number of Topliss-reactive ketones (excluding diaryl/α,β-unsaturated/α-hetero) is 1. The molecule has 0 spiro atoms. The Morgan fingerprint density at radius 3 is 2.35 bits per heavy atom. The van der Waals surface area contributed by atoms with E-state index in [0.717, 1.165) is 6.07 Å². The van der Waals surface area contributed by atoms with Crippen LogP contribution in [0, 0.1) is 11.7 Å². The molecule has 0 radical (unpaired) electrons. The van der Waals surface area contributed by atoms with Crippen molar-refractivity contribution in [2.45, 2.75) is 19.0 Å². The fourth-order valence-corrected chi connectivity index (χ4v) is 3.59. The van der Waals surface area contributed by atoms with Crippen molar-refractivity contribution in [3.63, 3.8) is 0 Å². The van der Waals surface area contributed by atoms with Crippen LogP contribution in [0.5, 0.6) is 0 Å². The van der Waals surface area contributed by atoms with E-state index in [1.54, 1.807) is 17.0 Å². The standard InChI is InChI=1S/C22H18F4N4O/c23-17-5-3-14(4-6-17)20(31)15-7-10-30(11-8-15)19-12-18(22(24,25)26)28-21(29-19)16-2-1-9-27-13-16/h1-6,9,12-13,15H,7-8,10-11H2. The molecule has 1 saturated heterocycles. The molecule has 31 heavy (non-hydrogen) atoms. The van der Waals surface area contributed by atoms with Gasteiger partial charge in [-0.1, -0.05) is 0 Å². The van der Waals surface area contributed by atoms with Crippen LogP contribution in [0.1, 0.15) is 28.9 Å². The van der Waals surface area contributed by atoms with Gasteiger partial charge in [0.15, 0.2) is 17.3 Å². The lowest BCUT2D eigenvalue weighted by molar-refractivity contribution is -0.141. The maximum Gasteiger partial charge on any atom is 0.433 e. The summed E-state index contributed by atoms with van der Waals surface area (Å²) >= 11 is 0. The summed E-state index contributed by atoms with van der Waals surface area (Å²) in [7, 11) is 0. The van der Waals surface area contributed by atoms with E-state index in [4.69, 9.17) is 0 Å². The van der Waals surface area contributed by atoms with Crippen molar-refractivity contribution < 1.29 is 22.4 Å². The zero-order valence-electron chi connectivity index (χ0n) is 16.3. The highest BCUT2D eigenvalue weighted by molar-refractivity contribution is 5.98. The van der Waals surface area contributed by atoms with E-state index < -0.39 is 17.7 Å². The second-order valence-electron chi connectivity index (χ2n) is 7.31. The van der Waals surface area contributed by atoms with Gasteiger partial charge in [-0.3, -0.25) is 9.78 Å². The molecular formula is C22H18F4N4O. The van der Waals surface area contributed by atoms with Crippen molar-refractivity contribution in [1.29, 1.82) is 0 Å². The summed E-state index contributed by atoms with van der Waals surface area (Å²) in [5.41, 5.74) is -0.211. The molecule has 3 heterocycles. The summed E-state index contributed by atoms with van der Waals surface area (Å²) in [6, 6.07) is 9.51. The zero-order chi connectivity index (χ0) is 22.0. The lowest BCUT2D eigenvalue weighted by Crippen LogP contribution is -2.37. The van der Waals surface area contributed by atoms with Gasteiger partial charge in [-0.15, -0.1) is 0 Å². The molecule has 0 saturated carbocycles. The Morgan fingerprint density at radius 1 is 1.03 bits per heavy atom. The van der Waals surface area contributed by atoms with Crippen LogP contribution in [0.25, 0.3) is 11.4 Å². The Hall–Kier alpha value is -3.36. The molecule has 0 atom stereocenters. The smallest absolute Gasteiger partial charge is 0.356 e. The first-order valence-electron chi connectivity index (χ1n) is 9.72. The minimum absolute atomic E-state index is 0.0533. The van der Waals surface area contributed by atoms with E-state index in [1.165, 1.54) is 36.7 Å². The number of ketones is 1. The summed E-state index contributed by atoms with van der Waals surface area (Å²) in [4.78, 5) is 26.3. The quantitative estimate of drug-likeness (QED) is 0.440. The Bertz CT molecular complexity index is 1060. The van der Waals surface area contributed by atoms with Gasteiger partial charge in [0.2, 0.25) is 0 Å². The summed E-state index contributed by atoms with van der Waals surface area (Å²) in [6.45, 7) is 0.747. The molecule has 3 aromatic rings. The summed E-state index contributed by atoms with van der Waals surface area (Å²) in [5.74, 6) is -0.672. The summed E-state index contributed by atoms with van der Waals surface area (Å²) in [6.07, 6.45) is -0.771. The first kappa shape index (κ1) is 20.9. The number of aromatic nitrogens is 3. The Kier molecular flexibility index (Phi) is 5.67. The first-order chi connectivity index (χ1) is 14.8. The maximum absolute atomic E-state index is 13.4. The third-order valence-electron chi connectivity index (χ3n) is 5.24. The molecule has 1 aliphatic rings. The van der Waals surface area contributed by atoms with Gasteiger partial charge in [0.05, 0.1) is 0 Å². The molecule has 160 valence electrons. The number of carbonyl (C=O) groups excluding carboxylic acids is 1. The number of anilines is 1. The van der Waals surface area contributed by atoms with Gasteiger partial charge >= 0.3 is 6.18 Å². The molecule has 1 aliphatic heterocycles. The molecule has 1 aromatic carbocycles. The van der Waals surface area contributed by atoms with Crippen molar-refractivity contribution in [1.82, 2.24) is 15.0 Å². The van der Waals surface area contributed by atoms with Gasteiger partial charge in [0.25, 0.3) is 0 Å².